The largest absolute Gasteiger partial charge is 0.494 e. The maximum absolute atomic E-state index is 12.9. The van der Waals surface area contributed by atoms with Gasteiger partial charge >= 0.3 is 6.03 Å². The number of hydrogen-bond donors (Lipinski definition) is 1. The lowest BCUT2D eigenvalue weighted by molar-refractivity contribution is -0.122. The second kappa shape index (κ2) is 7.66. The van der Waals surface area contributed by atoms with Crippen LogP contribution in [0.1, 0.15) is 11.1 Å². The quantitative estimate of drug-likeness (QED) is 0.513. The van der Waals surface area contributed by atoms with Crippen molar-refractivity contribution >= 4 is 61.5 Å². The molecule has 0 saturated carbocycles. The molecule has 0 spiro atoms. The number of carbonyl (C=O) groups excluding carboxylic acids is 3. The van der Waals surface area contributed by atoms with E-state index in [1.54, 1.807) is 30.3 Å². The summed E-state index contributed by atoms with van der Waals surface area (Å²) in [6.07, 6.45) is 1.43. The van der Waals surface area contributed by atoms with Crippen molar-refractivity contribution in [1.82, 2.24) is 5.32 Å². The minimum absolute atomic E-state index is 0.139. The molecule has 1 aliphatic rings. The highest BCUT2D eigenvalue weighted by molar-refractivity contribution is 9.11. The smallest absolute Gasteiger partial charge is 0.335 e. The molecule has 0 unspecified atom stereocenters. The standard InChI is InChI=1S/C19H14Br2N2O4/c1-10-4-3-5-12(6-10)23-18(25)13(17(24)22-19(23)26)7-11-8-14(20)16(27-2)15(21)9-11/h3-9H,1-2H3,(H,22,24,26)/b13-7+. The first-order chi connectivity index (χ1) is 12.8. The van der Waals surface area contributed by atoms with Crippen LogP contribution < -0.4 is 15.0 Å². The molecule has 0 bridgehead atoms. The summed E-state index contributed by atoms with van der Waals surface area (Å²) in [4.78, 5) is 38.3. The first-order valence-electron chi connectivity index (χ1n) is 7.83. The minimum atomic E-state index is -0.773. The molecule has 1 fully saturated rings. The van der Waals surface area contributed by atoms with Crippen molar-refractivity contribution in [1.29, 1.82) is 0 Å². The zero-order chi connectivity index (χ0) is 19.7. The minimum Gasteiger partial charge on any atom is -0.494 e. The zero-order valence-corrected chi connectivity index (χ0v) is 17.5. The van der Waals surface area contributed by atoms with E-state index in [2.05, 4.69) is 37.2 Å². The summed E-state index contributed by atoms with van der Waals surface area (Å²) >= 11 is 6.77. The fourth-order valence-electron chi connectivity index (χ4n) is 2.68. The van der Waals surface area contributed by atoms with E-state index >= 15 is 0 Å². The fourth-order valence-corrected chi connectivity index (χ4v) is 4.23. The average molecular weight is 494 g/mol. The third kappa shape index (κ3) is 3.81. The molecular weight excluding hydrogens is 480 g/mol. The second-order valence-electron chi connectivity index (χ2n) is 5.81. The lowest BCUT2D eigenvalue weighted by Gasteiger charge is -2.26. The molecule has 0 aromatic heterocycles. The number of hydrogen-bond acceptors (Lipinski definition) is 4. The number of amides is 4. The third-order valence-electron chi connectivity index (χ3n) is 3.90. The van der Waals surface area contributed by atoms with Gasteiger partial charge in [-0.3, -0.25) is 14.9 Å². The molecule has 4 amide bonds. The number of carbonyl (C=O) groups is 3. The summed E-state index contributed by atoms with van der Waals surface area (Å²) < 4.78 is 6.56. The predicted octanol–water partition coefficient (Wildman–Crippen LogP) is 4.20. The Labute approximate surface area is 172 Å². The number of rotatable bonds is 3. The van der Waals surface area contributed by atoms with Crippen LogP contribution in [-0.2, 0) is 9.59 Å². The van der Waals surface area contributed by atoms with Gasteiger partial charge in [0.2, 0.25) is 0 Å². The molecular formula is C19H14Br2N2O4. The maximum atomic E-state index is 12.9. The Morgan fingerprint density at radius 2 is 1.74 bits per heavy atom. The maximum Gasteiger partial charge on any atom is 0.335 e. The fraction of sp³-hybridized carbons (Fsp3) is 0.105. The van der Waals surface area contributed by atoms with E-state index < -0.39 is 17.8 Å². The van der Waals surface area contributed by atoms with Crippen molar-refractivity contribution in [2.45, 2.75) is 6.92 Å². The number of ether oxygens (including phenoxy) is 1. The van der Waals surface area contributed by atoms with Crippen molar-refractivity contribution in [3.63, 3.8) is 0 Å². The van der Waals surface area contributed by atoms with Gasteiger partial charge in [-0.1, -0.05) is 12.1 Å². The monoisotopic (exact) mass is 492 g/mol. The van der Waals surface area contributed by atoms with Crippen LogP contribution in [0.15, 0.2) is 50.9 Å². The van der Waals surface area contributed by atoms with E-state index in [0.29, 0.717) is 25.9 Å². The number of nitrogens with one attached hydrogen (secondary N) is 1. The van der Waals surface area contributed by atoms with Crippen molar-refractivity contribution in [2.75, 3.05) is 12.0 Å². The van der Waals surface area contributed by atoms with Gasteiger partial charge in [0, 0.05) is 0 Å². The molecule has 1 heterocycles. The topological polar surface area (TPSA) is 75.7 Å². The molecule has 1 saturated heterocycles. The van der Waals surface area contributed by atoms with Gasteiger partial charge in [-0.05, 0) is 80.3 Å². The van der Waals surface area contributed by atoms with Crippen molar-refractivity contribution in [2.24, 2.45) is 0 Å². The van der Waals surface area contributed by atoms with Crippen LogP contribution in [0.5, 0.6) is 5.75 Å². The Balaban J connectivity index is 2.04. The van der Waals surface area contributed by atoms with E-state index in [0.717, 1.165) is 10.5 Å². The van der Waals surface area contributed by atoms with Gasteiger partial charge in [0.05, 0.1) is 21.7 Å². The van der Waals surface area contributed by atoms with Crippen LogP contribution in [-0.4, -0.2) is 25.0 Å². The van der Waals surface area contributed by atoms with Crippen LogP contribution >= 0.6 is 31.9 Å². The van der Waals surface area contributed by atoms with E-state index in [1.165, 1.54) is 13.2 Å². The van der Waals surface area contributed by atoms with Gasteiger partial charge in [-0.2, -0.15) is 0 Å². The van der Waals surface area contributed by atoms with Crippen molar-refractivity contribution in [3.8, 4) is 5.75 Å². The normalized spacial score (nSPS) is 15.9. The molecule has 1 N–H and O–H groups in total. The van der Waals surface area contributed by atoms with Crippen LogP contribution in [0.2, 0.25) is 0 Å². The average Bonchev–Trinajstić information content (AvgIpc) is 2.58. The first kappa shape index (κ1) is 19.3. The highest BCUT2D eigenvalue weighted by Crippen LogP contribution is 2.35. The van der Waals surface area contributed by atoms with Crippen LogP contribution in [0.4, 0.5) is 10.5 Å². The number of nitrogens with zero attached hydrogens (tertiary/aromatic N) is 1. The van der Waals surface area contributed by atoms with E-state index in [9.17, 15) is 14.4 Å². The van der Waals surface area contributed by atoms with Gasteiger partial charge in [-0.25, -0.2) is 9.69 Å². The second-order valence-corrected chi connectivity index (χ2v) is 7.52. The Morgan fingerprint density at radius 3 is 2.33 bits per heavy atom. The summed E-state index contributed by atoms with van der Waals surface area (Å²) in [6.45, 7) is 1.85. The predicted molar refractivity (Wildman–Crippen MR) is 109 cm³/mol. The van der Waals surface area contributed by atoms with E-state index in [-0.39, 0.29) is 5.57 Å². The lowest BCUT2D eigenvalue weighted by Crippen LogP contribution is -2.54. The number of aryl methyl sites for hydroxylation is 1. The number of urea groups is 1. The Hall–Kier alpha value is -2.45. The molecule has 0 aliphatic carbocycles. The molecule has 3 rings (SSSR count). The molecule has 2 aromatic carbocycles. The third-order valence-corrected chi connectivity index (χ3v) is 5.08. The van der Waals surface area contributed by atoms with Crippen LogP contribution in [0, 0.1) is 6.92 Å². The van der Waals surface area contributed by atoms with E-state index in [4.69, 9.17) is 4.74 Å². The molecule has 27 heavy (non-hydrogen) atoms. The molecule has 6 nitrogen and oxygen atoms in total. The molecule has 8 heteroatoms. The Morgan fingerprint density at radius 1 is 1.07 bits per heavy atom. The number of methoxy groups -OCH3 is 1. The highest BCUT2D eigenvalue weighted by Gasteiger charge is 2.36. The molecule has 2 aromatic rings. The zero-order valence-electron chi connectivity index (χ0n) is 14.4. The molecule has 0 atom stereocenters. The number of halogens is 2. The van der Waals surface area contributed by atoms with Crippen LogP contribution in [0.3, 0.4) is 0 Å². The Bertz CT molecular complexity index is 978. The summed E-state index contributed by atoms with van der Waals surface area (Å²) in [5, 5.41) is 2.21. The summed E-state index contributed by atoms with van der Waals surface area (Å²) in [7, 11) is 1.53. The van der Waals surface area contributed by atoms with Gasteiger partial charge < -0.3 is 4.74 Å². The van der Waals surface area contributed by atoms with E-state index in [1.807, 2.05) is 13.0 Å². The first-order valence-corrected chi connectivity index (χ1v) is 9.41. The highest BCUT2D eigenvalue weighted by atomic mass is 79.9. The number of benzene rings is 2. The van der Waals surface area contributed by atoms with Gasteiger partial charge in [0.1, 0.15) is 11.3 Å². The number of imide groups is 2. The SMILES string of the molecule is COc1c(Br)cc(/C=C2\C(=O)NC(=O)N(c3cccc(C)c3)C2=O)cc1Br. The van der Waals surface area contributed by atoms with Crippen molar-refractivity contribution < 1.29 is 19.1 Å². The summed E-state index contributed by atoms with van der Waals surface area (Å²) in [6, 6.07) is 9.58. The number of anilines is 1. The van der Waals surface area contributed by atoms with Crippen LogP contribution in [0.25, 0.3) is 6.08 Å². The Kier molecular flexibility index (Phi) is 5.48. The van der Waals surface area contributed by atoms with Gasteiger partial charge in [0.15, 0.2) is 0 Å². The molecule has 1 aliphatic heterocycles. The molecule has 0 radical (unpaired) electrons. The van der Waals surface area contributed by atoms with Crippen molar-refractivity contribution in [3.05, 3.63) is 62.0 Å². The summed E-state index contributed by atoms with van der Waals surface area (Å²) in [5.41, 5.74) is 1.73. The van der Waals surface area contributed by atoms with Gasteiger partial charge in [0.25, 0.3) is 11.8 Å². The lowest BCUT2D eigenvalue weighted by atomic mass is 10.1. The van der Waals surface area contributed by atoms with Gasteiger partial charge in [-0.15, -0.1) is 0 Å². The summed E-state index contributed by atoms with van der Waals surface area (Å²) in [5.74, 6) is -0.831. The number of barbiturate groups is 1. The molecule has 138 valence electrons.